The van der Waals surface area contributed by atoms with Crippen molar-refractivity contribution in [2.75, 3.05) is 7.05 Å². The average Bonchev–Trinajstić information content (AvgIpc) is 2.80. The second-order valence-electron chi connectivity index (χ2n) is 4.22. The summed E-state index contributed by atoms with van der Waals surface area (Å²) in [5, 5.41) is 3.83. The van der Waals surface area contributed by atoms with Crippen LogP contribution < -0.4 is 0 Å². The van der Waals surface area contributed by atoms with Crippen molar-refractivity contribution in [3.05, 3.63) is 47.4 Å². The maximum Gasteiger partial charge on any atom is 0.240 e. The van der Waals surface area contributed by atoms with E-state index in [0.717, 1.165) is 6.42 Å². The highest BCUT2D eigenvalue weighted by molar-refractivity contribution is 5.16. The van der Waals surface area contributed by atoms with Gasteiger partial charge in [0.25, 0.3) is 0 Å². The molecular formula is C13H16FN3O. The molecule has 2 aromatic rings. The van der Waals surface area contributed by atoms with Gasteiger partial charge in [0.15, 0.2) is 5.82 Å². The number of hydrogen-bond acceptors (Lipinski definition) is 4. The lowest BCUT2D eigenvalue weighted by Crippen LogP contribution is -2.18. The first kappa shape index (κ1) is 12.7. The molecule has 0 unspecified atom stereocenters. The molecule has 96 valence electrons. The zero-order chi connectivity index (χ0) is 13.0. The zero-order valence-corrected chi connectivity index (χ0v) is 10.6. The van der Waals surface area contributed by atoms with Crippen LogP contribution in [0, 0.1) is 5.82 Å². The second kappa shape index (κ2) is 5.73. The van der Waals surface area contributed by atoms with E-state index in [1.165, 1.54) is 6.07 Å². The van der Waals surface area contributed by atoms with Gasteiger partial charge in [-0.05, 0) is 13.1 Å². The van der Waals surface area contributed by atoms with Gasteiger partial charge >= 0.3 is 0 Å². The molecule has 0 fully saturated rings. The van der Waals surface area contributed by atoms with Crippen molar-refractivity contribution in [1.82, 2.24) is 15.0 Å². The Hall–Kier alpha value is -1.75. The standard InChI is InChI=1S/C13H16FN3O/c1-3-12-15-13(18-16-12)9-17(2)8-10-6-4-5-7-11(10)14/h4-7H,3,8-9H2,1-2H3. The first-order valence-corrected chi connectivity index (χ1v) is 5.92. The summed E-state index contributed by atoms with van der Waals surface area (Å²) in [6.07, 6.45) is 0.751. The van der Waals surface area contributed by atoms with Gasteiger partial charge in [-0.3, -0.25) is 4.90 Å². The van der Waals surface area contributed by atoms with E-state index in [1.54, 1.807) is 12.1 Å². The summed E-state index contributed by atoms with van der Waals surface area (Å²) in [5.74, 6) is 1.07. The van der Waals surface area contributed by atoms with Gasteiger partial charge in [0.1, 0.15) is 5.82 Å². The van der Waals surface area contributed by atoms with Crippen LogP contribution in [0.3, 0.4) is 0 Å². The van der Waals surface area contributed by atoms with E-state index >= 15 is 0 Å². The van der Waals surface area contributed by atoms with Crippen LogP contribution in [0.25, 0.3) is 0 Å². The molecule has 18 heavy (non-hydrogen) atoms. The van der Waals surface area contributed by atoms with Crippen LogP contribution in [-0.4, -0.2) is 22.1 Å². The summed E-state index contributed by atoms with van der Waals surface area (Å²) in [4.78, 5) is 6.16. The third kappa shape index (κ3) is 3.13. The monoisotopic (exact) mass is 249 g/mol. The lowest BCUT2D eigenvalue weighted by Gasteiger charge is -2.14. The smallest absolute Gasteiger partial charge is 0.240 e. The van der Waals surface area contributed by atoms with Crippen LogP contribution in [0.5, 0.6) is 0 Å². The molecule has 1 aromatic heterocycles. The van der Waals surface area contributed by atoms with Gasteiger partial charge < -0.3 is 4.52 Å². The molecule has 5 heteroatoms. The molecule has 0 atom stereocenters. The van der Waals surface area contributed by atoms with E-state index in [0.29, 0.717) is 30.4 Å². The van der Waals surface area contributed by atoms with E-state index in [9.17, 15) is 4.39 Å². The molecule has 0 N–H and O–H groups in total. The highest BCUT2D eigenvalue weighted by Gasteiger charge is 2.10. The zero-order valence-electron chi connectivity index (χ0n) is 10.6. The number of hydrogen-bond donors (Lipinski definition) is 0. The van der Waals surface area contributed by atoms with Crippen molar-refractivity contribution in [2.45, 2.75) is 26.4 Å². The van der Waals surface area contributed by atoms with E-state index < -0.39 is 0 Å². The second-order valence-corrected chi connectivity index (χ2v) is 4.22. The number of halogens is 1. The van der Waals surface area contributed by atoms with Crippen LogP contribution in [-0.2, 0) is 19.5 Å². The lowest BCUT2D eigenvalue weighted by molar-refractivity contribution is 0.257. The minimum Gasteiger partial charge on any atom is -0.338 e. The predicted molar refractivity (Wildman–Crippen MR) is 65.2 cm³/mol. The molecule has 1 aromatic carbocycles. The molecule has 2 rings (SSSR count). The third-order valence-corrected chi connectivity index (χ3v) is 2.63. The van der Waals surface area contributed by atoms with Gasteiger partial charge in [-0.2, -0.15) is 4.98 Å². The van der Waals surface area contributed by atoms with Gasteiger partial charge in [0.2, 0.25) is 5.89 Å². The number of aryl methyl sites for hydroxylation is 1. The number of aromatic nitrogens is 2. The van der Waals surface area contributed by atoms with E-state index in [-0.39, 0.29) is 5.82 Å². The van der Waals surface area contributed by atoms with Crippen molar-refractivity contribution < 1.29 is 8.91 Å². The Kier molecular flexibility index (Phi) is 4.04. The fourth-order valence-corrected chi connectivity index (χ4v) is 1.70. The van der Waals surface area contributed by atoms with Gasteiger partial charge in [0, 0.05) is 18.5 Å². The Labute approximate surface area is 105 Å². The Morgan fingerprint density at radius 1 is 1.28 bits per heavy atom. The highest BCUT2D eigenvalue weighted by atomic mass is 19.1. The molecule has 0 aliphatic rings. The topological polar surface area (TPSA) is 42.2 Å². The minimum absolute atomic E-state index is 0.191. The van der Waals surface area contributed by atoms with Crippen LogP contribution in [0.2, 0.25) is 0 Å². The van der Waals surface area contributed by atoms with Gasteiger partial charge in [0.05, 0.1) is 6.54 Å². The van der Waals surface area contributed by atoms with Crippen molar-refractivity contribution in [3.63, 3.8) is 0 Å². The SMILES string of the molecule is CCc1noc(CN(C)Cc2ccccc2F)n1. The maximum absolute atomic E-state index is 13.5. The Morgan fingerprint density at radius 3 is 2.72 bits per heavy atom. The Bertz CT molecular complexity index is 512. The van der Waals surface area contributed by atoms with Crippen molar-refractivity contribution in [1.29, 1.82) is 0 Å². The van der Waals surface area contributed by atoms with E-state index in [2.05, 4.69) is 10.1 Å². The first-order chi connectivity index (χ1) is 8.69. The Balaban J connectivity index is 1.96. The predicted octanol–water partition coefficient (Wildman–Crippen LogP) is 2.40. The first-order valence-electron chi connectivity index (χ1n) is 5.92. The number of benzene rings is 1. The van der Waals surface area contributed by atoms with Gasteiger partial charge in [-0.15, -0.1) is 0 Å². The van der Waals surface area contributed by atoms with Crippen LogP contribution >= 0.6 is 0 Å². The molecule has 0 saturated carbocycles. The van der Waals surface area contributed by atoms with Crippen molar-refractivity contribution in [3.8, 4) is 0 Å². The summed E-state index contributed by atoms with van der Waals surface area (Å²) in [6, 6.07) is 6.75. The summed E-state index contributed by atoms with van der Waals surface area (Å²) >= 11 is 0. The maximum atomic E-state index is 13.5. The third-order valence-electron chi connectivity index (χ3n) is 2.63. The molecule has 0 aliphatic carbocycles. The van der Waals surface area contributed by atoms with E-state index in [4.69, 9.17) is 4.52 Å². The molecule has 0 saturated heterocycles. The molecule has 0 aliphatic heterocycles. The molecule has 1 heterocycles. The molecule has 4 nitrogen and oxygen atoms in total. The Morgan fingerprint density at radius 2 is 2.06 bits per heavy atom. The largest absolute Gasteiger partial charge is 0.338 e. The fourth-order valence-electron chi connectivity index (χ4n) is 1.70. The average molecular weight is 249 g/mol. The van der Waals surface area contributed by atoms with Crippen LogP contribution in [0.15, 0.2) is 28.8 Å². The van der Waals surface area contributed by atoms with Gasteiger partial charge in [-0.25, -0.2) is 4.39 Å². The van der Waals surface area contributed by atoms with Gasteiger partial charge in [-0.1, -0.05) is 30.3 Å². The lowest BCUT2D eigenvalue weighted by atomic mass is 10.2. The van der Waals surface area contributed by atoms with Crippen molar-refractivity contribution >= 4 is 0 Å². The normalized spacial score (nSPS) is 11.1. The molecular weight excluding hydrogens is 233 g/mol. The number of rotatable bonds is 5. The quantitative estimate of drug-likeness (QED) is 0.816. The minimum atomic E-state index is -0.191. The van der Waals surface area contributed by atoms with Crippen LogP contribution in [0.1, 0.15) is 24.2 Å². The van der Waals surface area contributed by atoms with Crippen LogP contribution in [0.4, 0.5) is 4.39 Å². The van der Waals surface area contributed by atoms with Crippen molar-refractivity contribution in [2.24, 2.45) is 0 Å². The highest BCUT2D eigenvalue weighted by Crippen LogP contribution is 2.10. The molecule has 0 bridgehead atoms. The van der Waals surface area contributed by atoms with E-state index in [1.807, 2.05) is 24.9 Å². The summed E-state index contributed by atoms with van der Waals surface area (Å²) in [7, 11) is 1.89. The molecule has 0 radical (unpaired) electrons. The summed E-state index contributed by atoms with van der Waals surface area (Å²) < 4.78 is 18.6. The molecule has 0 spiro atoms. The summed E-state index contributed by atoms with van der Waals surface area (Å²) in [6.45, 7) is 3.00. The summed E-state index contributed by atoms with van der Waals surface area (Å²) in [5.41, 5.74) is 0.662. The fraction of sp³-hybridized carbons (Fsp3) is 0.385. The number of nitrogens with zero attached hydrogens (tertiary/aromatic N) is 3. The molecule has 0 amide bonds.